The van der Waals surface area contributed by atoms with Crippen molar-refractivity contribution < 1.29 is 31.3 Å². The summed E-state index contributed by atoms with van der Waals surface area (Å²) in [4.78, 5) is 9.93. The number of nitrogens with zero attached hydrogens (tertiary/aromatic N) is 3. The van der Waals surface area contributed by atoms with E-state index in [0.29, 0.717) is 0 Å². The third kappa shape index (κ3) is 3.27. The first-order chi connectivity index (χ1) is 10.4. The molecule has 11 heteroatoms. The van der Waals surface area contributed by atoms with Gasteiger partial charge in [0.1, 0.15) is 5.69 Å². The predicted molar refractivity (Wildman–Crippen MR) is 65.0 cm³/mol. The number of benzene rings is 1. The number of nitro groups is 1. The first kappa shape index (κ1) is 16.8. The van der Waals surface area contributed by atoms with Gasteiger partial charge in [-0.25, -0.2) is 4.68 Å². The highest BCUT2D eigenvalue weighted by atomic mass is 19.4. The van der Waals surface area contributed by atoms with Crippen LogP contribution in [0.1, 0.15) is 17.0 Å². The fourth-order valence-corrected chi connectivity index (χ4v) is 1.89. The number of hydrogen-bond acceptors (Lipinski definition) is 3. The molecule has 0 atom stereocenters. The van der Waals surface area contributed by atoms with Crippen molar-refractivity contribution in [1.29, 1.82) is 0 Å². The van der Waals surface area contributed by atoms with Crippen molar-refractivity contribution in [2.75, 3.05) is 0 Å². The average Bonchev–Trinajstić information content (AvgIpc) is 2.82. The molecule has 0 aliphatic rings. The van der Waals surface area contributed by atoms with Crippen LogP contribution in [0, 0.1) is 17.0 Å². The number of alkyl halides is 6. The highest BCUT2D eigenvalue weighted by Crippen LogP contribution is 2.36. The van der Waals surface area contributed by atoms with Crippen LogP contribution in [-0.4, -0.2) is 14.7 Å². The maximum atomic E-state index is 12.9. The molecular formula is C12H7F6N3O2. The number of aryl methyl sites for hydroxylation is 1. The standard InChI is InChI=1S/C12H7F6N3O2/c1-6-4-7(2-3-8(6)21(22)23)20-10(12(16,17)18)5-9(19-20)11(13,14)15/h2-5H,1H3. The summed E-state index contributed by atoms with van der Waals surface area (Å²) in [5, 5.41) is 13.6. The van der Waals surface area contributed by atoms with Gasteiger partial charge in [-0.15, -0.1) is 0 Å². The van der Waals surface area contributed by atoms with Crippen molar-refractivity contribution >= 4 is 5.69 Å². The molecule has 0 unspecified atom stereocenters. The van der Waals surface area contributed by atoms with Crippen LogP contribution >= 0.6 is 0 Å². The molecule has 0 N–H and O–H groups in total. The van der Waals surface area contributed by atoms with E-state index >= 15 is 0 Å². The van der Waals surface area contributed by atoms with Gasteiger partial charge in [-0.05, 0) is 19.1 Å². The van der Waals surface area contributed by atoms with E-state index in [9.17, 15) is 36.5 Å². The number of halogens is 6. The quantitative estimate of drug-likeness (QED) is 0.470. The van der Waals surface area contributed by atoms with Crippen molar-refractivity contribution in [3.8, 4) is 5.69 Å². The second-order valence-electron chi connectivity index (χ2n) is 4.55. The van der Waals surface area contributed by atoms with Gasteiger partial charge >= 0.3 is 12.4 Å². The van der Waals surface area contributed by atoms with Crippen molar-refractivity contribution in [2.24, 2.45) is 0 Å². The Morgan fingerprint density at radius 2 is 1.70 bits per heavy atom. The maximum Gasteiger partial charge on any atom is 0.435 e. The van der Waals surface area contributed by atoms with Crippen molar-refractivity contribution in [2.45, 2.75) is 19.3 Å². The highest BCUT2D eigenvalue weighted by molar-refractivity contribution is 5.48. The molecule has 1 aromatic heterocycles. The Morgan fingerprint density at radius 3 is 2.13 bits per heavy atom. The molecule has 23 heavy (non-hydrogen) atoms. The largest absolute Gasteiger partial charge is 0.435 e. The minimum absolute atomic E-state index is 0.00955. The molecule has 0 radical (unpaired) electrons. The number of aromatic nitrogens is 2. The van der Waals surface area contributed by atoms with Gasteiger partial charge in [0, 0.05) is 17.7 Å². The Morgan fingerprint density at radius 1 is 1.09 bits per heavy atom. The molecule has 124 valence electrons. The van der Waals surface area contributed by atoms with Gasteiger partial charge < -0.3 is 0 Å². The first-order valence-electron chi connectivity index (χ1n) is 5.91. The van der Waals surface area contributed by atoms with Gasteiger partial charge in [0.15, 0.2) is 5.69 Å². The van der Waals surface area contributed by atoms with E-state index in [1.54, 1.807) is 0 Å². The molecule has 0 saturated heterocycles. The van der Waals surface area contributed by atoms with Crippen molar-refractivity contribution in [3.05, 3.63) is 51.3 Å². The SMILES string of the molecule is Cc1cc(-n2nc(C(F)(F)F)cc2C(F)(F)F)ccc1[N+](=O)[O-]. The molecule has 0 aliphatic carbocycles. The molecule has 1 heterocycles. The molecular weight excluding hydrogens is 332 g/mol. The molecule has 0 saturated carbocycles. The fraction of sp³-hybridized carbons (Fsp3) is 0.250. The molecule has 0 spiro atoms. The van der Waals surface area contributed by atoms with E-state index in [4.69, 9.17) is 0 Å². The van der Waals surface area contributed by atoms with Gasteiger partial charge in [-0.1, -0.05) is 0 Å². The Labute approximate surface area is 124 Å². The topological polar surface area (TPSA) is 61.0 Å². The molecule has 1 aromatic carbocycles. The van der Waals surface area contributed by atoms with Crippen LogP contribution in [0.15, 0.2) is 24.3 Å². The molecule has 5 nitrogen and oxygen atoms in total. The summed E-state index contributed by atoms with van der Waals surface area (Å²) in [6.07, 6.45) is -10.1. The van der Waals surface area contributed by atoms with Gasteiger partial charge in [-0.3, -0.25) is 10.1 Å². The van der Waals surface area contributed by atoms with Crippen LogP contribution in [0.5, 0.6) is 0 Å². The average molecular weight is 339 g/mol. The first-order valence-corrected chi connectivity index (χ1v) is 5.91. The third-order valence-electron chi connectivity index (χ3n) is 2.91. The van der Waals surface area contributed by atoms with E-state index in [0.717, 1.165) is 18.2 Å². The second-order valence-corrected chi connectivity index (χ2v) is 4.55. The van der Waals surface area contributed by atoms with Crippen LogP contribution in [0.3, 0.4) is 0 Å². The normalized spacial score (nSPS) is 12.5. The second kappa shape index (κ2) is 5.25. The minimum atomic E-state index is -5.08. The Bertz CT molecular complexity index is 763. The summed E-state index contributed by atoms with van der Waals surface area (Å²) in [7, 11) is 0. The zero-order valence-electron chi connectivity index (χ0n) is 11.2. The molecule has 0 aliphatic heterocycles. The van der Waals surface area contributed by atoms with Gasteiger partial charge in [0.2, 0.25) is 0 Å². The lowest BCUT2D eigenvalue weighted by atomic mass is 10.2. The third-order valence-corrected chi connectivity index (χ3v) is 2.91. The lowest BCUT2D eigenvalue weighted by molar-refractivity contribution is -0.385. The van der Waals surface area contributed by atoms with E-state index < -0.39 is 28.7 Å². The lowest BCUT2D eigenvalue weighted by Gasteiger charge is -2.10. The molecule has 0 fully saturated rings. The lowest BCUT2D eigenvalue weighted by Crippen LogP contribution is -2.13. The van der Waals surface area contributed by atoms with E-state index in [1.807, 2.05) is 0 Å². The number of hydrogen-bond donors (Lipinski definition) is 0. The minimum Gasteiger partial charge on any atom is -0.258 e. The smallest absolute Gasteiger partial charge is 0.258 e. The summed E-state index contributed by atoms with van der Waals surface area (Å²) >= 11 is 0. The number of rotatable bonds is 2. The van der Waals surface area contributed by atoms with E-state index in [2.05, 4.69) is 5.10 Å². The van der Waals surface area contributed by atoms with Gasteiger partial charge in [-0.2, -0.15) is 31.4 Å². The maximum absolute atomic E-state index is 12.9. The molecule has 0 bridgehead atoms. The summed E-state index contributed by atoms with van der Waals surface area (Å²) in [5.41, 5.74) is -4.08. The van der Waals surface area contributed by atoms with Crippen molar-refractivity contribution in [1.82, 2.24) is 9.78 Å². The Balaban J connectivity index is 2.65. The van der Waals surface area contributed by atoms with E-state index in [-0.39, 0.29) is 27.7 Å². The number of nitro benzene ring substituents is 1. The monoisotopic (exact) mass is 339 g/mol. The van der Waals surface area contributed by atoms with Crippen LogP contribution in [0.25, 0.3) is 5.69 Å². The van der Waals surface area contributed by atoms with Crippen LogP contribution < -0.4 is 0 Å². The molecule has 2 rings (SSSR count). The Kier molecular flexibility index (Phi) is 3.83. The van der Waals surface area contributed by atoms with Crippen molar-refractivity contribution in [3.63, 3.8) is 0 Å². The van der Waals surface area contributed by atoms with Crippen LogP contribution in [-0.2, 0) is 12.4 Å². The predicted octanol–water partition coefficient (Wildman–Crippen LogP) is 4.13. The summed E-state index contributed by atoms with van der Waals surface area (Å²) in [5.74, 6) is 0. The van der Waals surface area contributed by atoms with E-state index in [1.165, 1.54) is 6.92 Å². The zero-order valence-corrected chi connectivity index (χ0v) is 11.2. The van der Waals surface area contributed by atoms with Gasteiger partial charge in [0.25, 0.3) is 5.69 Å². The summed E-state index contributed by atoms with van der Waals surface area (Å²) in [6.45, 7) is 1.25. The fourth-order valence-electron chi connectivity index (χ4n) is 1.89. The highest BCUT2D eigenvalue weighted by Gasteiger charge is 2.42. The Hall–Kier alpha value is -2.59. The van der Waals surface area contributed by atoms with Crippen LogP contribution in [0.2, 0.25) is 0 Å². The summed E-state index contributed by atoms with van der Waals surface area (Å²) in [6, 6.07) is 2.64. The molecule has 2 aromatic rings. The van der Waals surface area contributed by atoms with Crippen LogP contribution in [0.4, 0.5) is 32.0 Å². The van der Waals surface area contributed by atoms with Gasteiger partial charge in [0.05, 0.1) is 10.6 Å². The zero-order chi connectivity index (χ0) is 17.6. The molecule has 0 amide bonds. The summed E-state index contributed by atoms with van der Waals surface area (Å²) < 4.78 is 76.6.